The number of nitrogens with one attached hydrogen (secondary N) is 2. The van der Waals surface area contributed by atoms with E-state index in [2.05, 4.69) is 22.8 Å². The fourth-order valence-electron chi connectivity index (χ4n) is 5.93. The third kappa shape index (κ3) is 6.60. The first-order chi connectivity index (χ1) is 19.9. The van der Waals surface area contributed by atoms with Crippen LogP contribution in [0.4, 0.5) is 4.79 Å². The summed E-state index contributed by atoms with van der Waals surface area (Å²) >= 11 is 0. The van der Waals surface area contributed by atoms with Crippen molar-refractivity contribution in [3.05, 3.63) is 95.6 Å². The Balaban J connectivity index is 1.27. The number of rotatable bonds is 10. The van der Waals surface area contributed by atoms with Crippen LogP contribution in [0.15, 0.2) is 78.9 Å². The van der Waals surface area contributed by atoms with Gasteiger partial charge >= 0.3 is 12.1 Å². The Labute approximate surface area is 240 Å². The molecule has 2 aliphatic rings. The third-order valence-corrected chi connectivity index (χ3v) is 8.14. The summed E-state index contributed by atoms with van der Waals surface area (Å²) in [6.07, 6.45) is 1.27. The molecule has 5 rings (SSSR count). The Morgan fingerprint density at radius 1 is 0.878 bits per heavy atom. The molecule has 2 aliphatic carbocycles. The number of fused-ring (bicyclic) bond motifs is 3. The van der Waals surface area contributed by atoms with Crippen molar-refractivity contribution in [3.63, 3.8) is 0 Å². The molecule has 0 heterocycles. The lowest BCUT2D eigenvalue weighted by Gasteiger charge is -2.32. The smallest absolute Gasteiger partial charge is 0.407 e. The van der Waals surface area contributed by atoms with Gasteiger partial charge in [-0.3, -0.25) is 9.59 Å². The summed E-state index contributed by atoms with van der Waals surface area (Å²) in [4.78, 5) is 38.4. The maximum absolute atomic E-state index is 13.5. The number of hydrogen-bond acceptors (Lipinski definition) is 5. The molecule has 1 fully saturated rings. The number of carbonyl (C=O) groups excluding carboxylic acids is 2. The summed E-state index contributed by atoms with van der Waals surface area (Å²) in [6, 6.07) is 24.1. The molecule has 2 unspecified atom stereocenters. The van der Waals surface area contributed by atoms with Gasteiger partial charge < -0.3 is 25.2 Å². The second-order valence-corrected chi connectivity index (χ2v) is 10.8. The van der Waals surface area contributed by atoms with Crippen molar-refractivity contribution in [2.24, 2.45) is 5.92 Å². The molecule has 0 aliphatic heterocycles. The largest absolute Gasteiger partial charge is 0.481 e. The molecule has 3 aromatic rings. The molecule has 214 valence electrons. The molecule has 2 amide bonds. The van der Waals surface area contributed by atoms with Crippen LogP contribution in [0, 0.1) is 5.92 Å². The van der Waals surface area contributed by atoms with E-state index in [0.29, 0.717) is 12.8 Å². The third-order valence-electron chi connectivity index (χ3n) is 8.14. The SMILES string of the molecule is C[C@H](OCc1ccccc1)[C@@H](NC(=O)OCC1c2ccccc2-c2ccccc21)C(=O)NC1CCCCC1C(=O)O. The highest BCUT2D eigenvalue weighted by Crippen LogP contribution is 2.44. The van der Waals surface area contributed by atoms with E-state index in [9.17, 15) is 19.5 Å². The number of carboxylic acid groups (broad SMARTS) is 1. The van der Waals surface area contributed by atoms with Crippen LogP contribution in [-0.4, -0.2) is 47.9 Å². The highest BCUT2D eigenvalue weighted by atomic mass is 16.5. The van der Waals surface area contributed by atoms with E-state index < -0.39 is 42.1 Å². The highest BCUT2D eigenvalue weighted by Gasteiger charge is 2.36. The van der Waals surface area contributed by atoms with Crippen molar-refractivity contribution < 1.29 is 29.0 Å². The van der Waals surface area contributed by atoms with Crippen molar-refractivity contribution in [3.8, 4) is 11.1 Å². The average Bonchev–Trinajstić information content (AvgIpc) is 3.31. The van der Waals surface area contributed by atoms with Crippen molar-refractivity contribution in [2.45, 2.75) is 63.3 Å². The van der Waals surface area contributed by atoms with Crippen LogP contribution in [0.1, 0.15) is 55.2 Å². The standard InChI is InChI=1S/C33H36N2O6/c1-21(40-19-22-11-3-2-4-12-22)30(31(36)34-29-18-10-9-17-27(29)32(37)38)35-33(39)41-20-28-25-15-7-5-13-23(25)24-14-6-8-16-26(24)28/h2-8,11-16,21,27-30H,9-10,17-20H2,1H3,(H,34,36)(H,35,39)(H,37,38)/t21-,27?,29?,30+/m0/s1. The van der Waals surface area contributed by atoms with E-state index in [1.165, 1.54) is 0 Å². The molecule has 3 aromatic carbocycles. The van der Waals surface area contributed by atoms with E-state index in [0.717, 1.165) is 40.7 Å². The fourth-order valence-corrected chi connectivity index (χ4v) is 5.93. The van der Waals surface area contributed by atoms with Gasteiger partial charge in [-0.1, -0.05) is 91.7 Å². The second-order valence-electron chi connectivity index (χ2n) is 10.8. The van der Waals surface area contributed by atoms with Gasteiger partial charge in [0.2, 0.25) is 5.91 Å². The summed E-state index contributed by atoms with van der Waals surface area (Å²) < 4.78 is 11.7. The minimum absolute atomic E-state index is 0.108. The average molecular weight is 557 g/mol. The van der Waals surface area contributed by atoms with Crippen LogP contribution in [0.2, 0.25) is 0 Å². The molecule has 0 spiro atoms. The van der Waals surface area contributed by atoms with Gasteiger partial charge in [0.15, 0.2) is 0 Å². The summed E-state index contributed by atoms with van der Waals surface area (Å²) in [7, 11) is 0. The first-order valence-corrected chi connectivity index (χ1v) is 14.2. The number of alkyl carbamates (subject to hydrolysis) is 1. The van der Waals surface area contributed by atoms with Crippen LogP contribution in [-0.2, 0) is 25.7 Å². The second kappa shape index (κ2) is 13.0. The van der Waals surface area contributed by atoms with Gasteiger partial charge in [0.1, 0.15) is 12.6 Å². The Bertz CT molecular complexity index is 1330. The Morgan fingerprint density at radius 2 is 1.49 bits per heavy atom. The molecule has 0 bridgehead atoms. The van der Waals surface area contributed by atoms with E-state index in [4.69, 9.17) is 9.47 Å². The van der Waals surface area contributed by atoms with Gasteiger partial charge in [0, 0.05) is 12.0 Å². The lowest BCUT2D eigenvalue weighted by molar-refractivity contribution is -0.144. The fraction of sp³-hybridized carbons (Fsp3) is 0.364. The number of carboxylic acids is 1. The van der Waals surface area contributed by atoms with Crippen LogP contribution >= 0.6 is 0 Å². The minimum Gasteiger partial charge on any atom is -0.481 e. The molecular formula is C33H36N2O6. The minimum atomic E-state index is -1.08. The zero-order chi connectivity index (χ0) is 28.8. The first-order valence-electron chi connectivity index (χ1n) is 14.2. The topological polar surface area (TPSA) is 114 Å². The van der Waals surface area contributed by atoms with Gasteiger partial charge in [-0.15, -0.1) is 0 Å². The lowest BCUT2D eigenvalue weighted by atomic mass is 9.84. The summed E-state index contributed by atoms with van der Waals surface area (Å²) in [6.45, 7) is 2.07. The van der Waals surface area contributed by atoms with Crippen LogP contribution in [0.5, 0.6) is 0 Å². The van der Waals surface area contributed by atoms with E-state index in [-0.39, 0.29) is 19.1 Å². The summed E-state index contributed by atoms with van der Waals surface area (Å²) in [5.41, 5.74) is 5.35. The molecule has 0 radical (unpaired) electrons. The molecular weight excluding hydrogens is 520 g/mol. The molecule has 3 N–H and O–H groups in total. The quantitative estimate of drug-likeness (QED) is 0.314. The molecule has 4 atom stereocenters. The zero-order valence-electron chi connectivity index (χ0n) is 23.1. The van der Waals surface area contributed by atoms with E-state index in [1.807, 2.05) is 66.7 Å². The van der Waals surface area contributed by atoms with Gasteiger partial charge in [0.25, 0.3) is 0 Å². The predicted molar refractivity (Wildman–Crippen MR) is 154 cm³/mol. The first kappa shape index (κ1) is 28.4. The Hall–Kier alpha value is -4.17. The van der Waals surface area contributed by atoms with Gasteiger partial charge in [-0.25, -0.2) is 4.79 Å². The molecule has 0 aromatic heterocycles. The number of aliphatic carboxylic acids is 1. The van der Waals surface area contributed by atoms with Crippen molar-refractivity contribution >= 4 is 18.0 Å². The Kier molecular flexibility index (Phi) is 8.99. The van der Waals surface area contributed by atoms with Crippen LogP contribution in [0.25, 0.3) is 11.1 Å². The molecule has 41 heavy (non-hydrogen) atoms. The normalized spacial score (nSPS) is 19.3. The van der Waals surface area contributed by atoms with Crippen molar-refractivity contribution in [1.82, 2.24) is 10.6 Å². The molecule has 0 saturated heterocycles. The molecule has 8 nitrogen and oxygen atoms in total. The number of ether oxygens (including phenoxy) is 2. The maximum Gasteiger partial charge on any atom is 0.407 e. The molecule has 8 heteroatoms. The van der Waals surface area contributed by atoms with E-state index >= 15 is 0 Å². The number of hydrogen-bond donors (Lipinski definition) is 3. The Morgan fingerprint density at radius 3 is 2.15 bits per heavy atom. The van der Waals surface area contributed by atoms with E-state index in [1.54, 1.807) is 6.92 Å². The lowest BCUT2D eigenvalue weighted by Crippen LogP contribution is -2.57. The van der Waals surface area contributed by atoms with Gasteiger partial charge in [-0.05, 0) is 47.6 Å². The number of benzene rings is 3. The number of carbonyl (C=O) groups is 3. The number of amides is 2. The van der Waals surface area contributed by atoms with Gasteiger partial charge in [0.05, 0.1) is 18.6 Å². The molecule has 1 saturated carbocycles. The summed E-state index contributed by atoms with van der Waals surface area (Å²) in [5, 5.41) is 15.3. The summed E-state index contributed by atoms with van der Waals surface area (Å²) in [5.74, 6) is -2.20. The van der Waals surface area contributed by atoms with Crippen molar-refractivity contribution in [1.29, 1.82) is 0 Å². The monoisotopic (exact) mass is 556 g/mol. The van der Waals surface area contributed by atoms with Gasteiger partial charge in [-0.2, -0.15) is 0 Å². The predicted octanol–water partition coefficient (Wildman–Crippen LogP) is 5.26. The highest BCUT2D eigenvalue weighted by molar-refractivity contribution is 5.87. The van der Waals surface area contributed by atoms with Crippen LogP contribution < -0.4 is 10.6 Å². The van der Waals surface area contributed by atoms with Crippen LogP contribution in [0.3, 0.4) is 0 Å². The zero-order valence-corrected chi connectivity index (χ0v) is 23.1. The maximum atomic E-state index is 13.5. The van der Waals surface area contributed by atoms with Crippen molar-refractivity contribution in [2.75, 3.05) is 6.61 Å².